The molecule has 69 heavy (non-hydrogen) atoms. The molecule has 10 aromatic rings. The summed E-state index contributed by atoms with van der Waals surface area (Å²) in [5.41, 5.74) is 19.1. The molecular formula is C68H63N. The summed E-state index contributed by atoms with van der Waals surface area (Å²) in [5, 5.41) is 4.92. The van der Waals surface area contributed by atoms with Gasteiger partial charge in [-0.3, -0.25) is 0 Å². The van der Waals surface area contributed by atoms with E-state index in [0.29, 0.717) is 0 Å². The van der Waals surface area contributed by atoms with Crippen molar-refractivity contribution >= 4 is 38.6 Å². The Morgan fingerprint density at radius 3 is 1.42 bits per heavy atom. The number of hydrogen-bond donors (Lipinski definition) is 0. The van der Waals surface area contributed by atoms with Gasteiger partial charge in [-0.25, -0.2) is 0 Å². The van der Waals surface area contributed by atoms with E-state index in [1.165, 1.54) is 71.6 Å². The van der Waals surface area contributed by atoms with E-state index in [2.05, 4.69) is 286 Å². The Kier molecular flexibility index (Phi) is 11.7. The van der Waals surface area contributed by atoms with Crippen LogP contribution in [0.5, 0.6) is 0 Å². The molecule has 0 N–H and O–H groups in total. The molecule has 0 bridgehead atoms. The van der Waals surface area contributed by atoms with Crippen LogP contribution < -0.4 is 4.90 Å². The van der Waals surface area contributed by atoms with Gasteiger partial charge in [0, 0.05) is 16.7 Å². The van der Waals surface area contributed by atoms with Crippen molar-refractivity contribution in [2.45, 2.75) is 78.6 Å². The summed E-state index contributed by atoms with van der Waals surface area (Å²) in [6.45, 7) is 20.9. The van der Waals surface area contributed by atoms with E-state index in [1.807, 2.05) is 0 Å². The van der Waals surface area contributed by atoms with Crippen molar-refractivity contribution < 1.29 is 0 Å². The highest BCUT2D eigenvalue weighted by molar-refractivity contribution is 6.10. The first-order chi connectivity index (χ1) is 33.1. The van der Waals surface area contributed by atoms with E-state index >= 15 is 0 Å². The van der Waals surface area contributed by atoms with E-state index in [-0.39, 0.29) is 16.2 Å². The molecule has 0 heterocycles. The highest BCUT2D eigenvalue weighted by Gasteiger charge is 2.28. The van der Waals surface area contributed by atoms with Crippen molar-refractivity contribution in [2.24, 2.45) is 0 Å². The summed E-state index contributed by atoms with van der Waals surface area (Å²) < 4.78 is 0. The number of hydrogen-bond acceptors (Lipinski definition) is 1. The largest absolute Gasteiger partial charge is 0.309 e. The van der Waals surface area contributed by atoms with Crippen LogP contribution in [0, 0.1) is 0 Å². The summed E-state index contributed by atoms with van der Waals surface area (Å²) in [7, 11) is 0. The van der Waals surface area contributed by atoms with Crippen molar-refractivity contribution in [2.75, 3.05) is 4.90 Å². The van der Waals surface area contributed by atoms with Crippen molar-refractivity contribution in [3.8, 4) is 55.6 Å². The minimum Gasteiger partial charge on any atom is -0.309 e. The van der Waals surface area contributed by atoms with E-state index < -0.39 is 0 Å². The molecule has 0 aromatic heterocycles. The first kappa shape index (κ1) is 45.3. The molecule has 0 aliphatic rings. The van der Waals surface area contributed by atoms with Gasteiger partial charge < -0.3 is 4.90 Å². The summed E-state index contributed by atoms with van der Waals surface area (Å²) in [5.74, 6) is 0. The molecule has 0 aliphatic heterocycles. The average Bonchev–Trinajstić information content (AvgIpc) is 3.35. The Hall–Kier alpha value is -7.48. The molecule has 1 heteroatoms. The molecular weight excluding hydrogens is 831 g/mol. The maximum atomic E-state index is 2.57. The van der Waals surface area contributed by atoms with Gasteiger partial charge in [-0.2, -0.15) is 0 Å². The molecule has 0 radical (unpaired) electrons. The third-order valence-electron chi connectivity index (χ3n) is 13.9. The number of para-hydroxylation sites is 1. The van der Waals surface area contributed by atoms with Gasteiger partial charge in [-0.15, -0.1) is 0 Å². The van der Waals surface area contributed by atoms with Crippen LogP contribution in [0.1, 0.15) is 79.0 Å². The van der Waals surface area contributed by atoms with Gasteiger partial charge in [0.2, 0.25) is 0 Å². The molecule has 10 aromatic carbocycles. The summed E-state index contributed by atoms with van der Waals surface area (Å²) in [6, 6.07) is 81.6. The number of benzene rings is 10. The zero-order chi connectivity index (χ0) is 48.1. The molecule has 340 valence electrons. The fourth-order valence-electron chi connectivity index (χ4n) is 10.0. The Labute approximate surface area is 410 Å². The van der Waals surface area contributed by atoms with Crippen LogP contribution in [0.25, 0.3) is 77.2 Å². The molecule has 0 saturated carbocycles. The van der Waals surface area contributed by atoms with Crippen molar-refractivity contribution in [1.82, 2.24) is 0 Å². The summed E-state index contributed by atoms with van der Waals surface area (Å²) in [4.78, 5) is 2.57. The van der Waals surface area contributed by atoms with E-state index in [9.17, 15) is 0 Å². The zero-order valence-corrected chi connectivity index (χ0v) is 41.7. The van der Waals surface area contributed by atoms with Crippen LogP contribution >= 0.6 is 0 Å². The maximum absolute atomic E-state index is 2.57. The van der Waals surface area contributed by atoms with Gasteiger partial charge in [-0.1, -0.05) is 256 Å². The number of anilines is 3. The minimum absolute atomic E-state index is 0.0213. The van der Waals surface area contributed by atoms with Gasteiger partial charge in [0.25, 0.3) is 0 Å². The highest BCUT2D eigenvalue weighted by atomic mass is 15.2. The molecule has 0 atom stereocenters. The van der Waals surface area contributed by atoms with E-state index in [0.717, 1.165) is 39.3 Å². The Bertz CT molecular complexity index is 3440. The Morgan fingerprint density at radius 2 is 0.768 bits per heavy atom. The Morgan fingerprint density at radius 1 is 0.261 bits per heavy atom. The lowest BCUT2D eigenvalue weighted by Crippen LogP contribution is -2.16. The highest BCUT2D eigenvalue weighted by Crippen LogP contribution is 2.51. The van der Waals surface area contributed by atoms with Crippen molar-refractivity contribution in [3.05, 3.63) is 235 Å². The molecule has 0 saturated heterocycles. The van der Waals surface area contributed by atoms with E-state index in [1.54, 1.807) is 0 Å². The van der Waals surface area contributed by atoms with Gasteiger partial charge in [0.1, 0.15) is 0 Å². The van der Waals surface area contributed by atoms with Gasteiger partial charge in [0.05, 0.1) is 17.1 Å². The fourth-order valence-corrected chi connectivity index (χ4v) is 10.0. The molecule has 1 nitrogen and oxygen atoms in total. The fraction of sp³-hybridized carbons (Fsp3) is 0.176. The number of fused-ring (bicyclic) bond motifs is 2. The van der Waals surface area contributed by atoms with Crippen LogP contribution in [0.3, 0.4) is 0 Å². The molecule has 10 rings (SSSR count). The lowest BCUT2D eigenvalue weighted by atomic mass is 9.78. The summed E-state index contributed by atoms with van der Waals surface area (Å²) >= 11 is 0. The topological polar surface area (TPSA) is 3.24 Å². The molecule has 0 spiro atoms. The minimum atomic E-state index is -0.0647. The van der Waals surface area contributed by atoms with Gasteiger partial charge in [0.15, 0.2) is 0 Å². The molecule has 0 fully saturated rings. The SMILES string of the molecule is CC(C)(C)c1cc(-c2cccc3cccc(-c4ccccc4N(c4ccc(C(C)(C)C)cc4-c4ccccc4)c4cc(-c5cccc6ccccc56)ccc4-c4ccccc4)c23)cc(C(C)(C)C)c1. The van der Waals surface area contributed by atoms with Gasteiger partial charge >= 0.3 is 0 Å². The smallest absolute Gasteiger partial charge is 0.0546 e. The average molecular weight is 894 g/mol. The normalized spacial score (nSPS) is 12.1. The first-order valence-electron chi connectivity index (χ1n) is 24.6. The van der Waals surface area contributed by atoms with Crippen LogP contribution in [0.4, 0.5) is 17.1 Å². The lowest BCUT2D eigenvalue weighted by molar-refractivity contribution is 0.569. The summed E-state index contributed by atoms with van der Waals surface area (Å²) in [6.07, 6.45) is 0. The number of nitrogens with zero attached hydrogens (tertiary/aromatic N) is 1. The monoisotopic (exact) mass is 893 g/mol. The lowest BCUT2D eigenvalue weighted by Gasteiger charge is -2.33. The quantitative estimate of drug-likeness (QED) is 0.147. The predicted octanol–water partition coefficient (Wildman–Crippen LogP) is 19.7. The third kappa shape index (κ3) is 8.91. The Balaban J connectivity index is 1.32. The van der Waals surface area contributed by atoms with Crippen LogP contribution in [-0.2, 0) is 16.2 Å². The second-order valence-corrected chi connectivity index (χ2v) is 21.8. The van der Waals surface area contributed by atoms with Crippen LogP contribution in [0.15, 0.2) is 218 Å². The molecule has 0 aliphatic carbocycles. The zero-order valence-electron chi connectivity index (χ0n) is 41.7. The number of rotatable bonds is 8. The van der Waals surface area contributed by atoms with Crippen molar-refractivity contribution in [1.29, 1.82) is 0 Å². The van der Waals surface area contributed by atoms with Crippen molar-refractivity contribution in [3.63, 3.8) is 0 Å². The standard InChI is InChI=1S/C68H63N/c1-66(2,3)52-38-40-63(61(45-52)48-25-14-11-15-26-48)69(64-43-50(37-39-57(64)47-23-12-10-13-24-47)56-33-20-28-46-27-16-17-31-55(46)56)62-36-19-18-32-59(62)60-35-22-30-49-29-21-34-58(65(49)60)51-41-53(67(4,5)6)44-54(42-51)68(7,8)9/h10-45H,1-9H3. The van der Waals surface area contributed by atoms with E-state index in [4.69, 9.17) is 0 Å². The molecule has 0 unspecified atom stereocenters. The second kappa shape index (κ2) is 17.9. The molecule has 0 amide bonds. The van der Waals surface area contributed by atoms with Crippen LogP contribution in [0.2, 0.25) is 0 Å². The van der Waals surface area contributed by atoms with Gasteiger partial charge in [-0.05, 0) is 118 Å². The van der Waals surface area contributed by atoms with Crippen LogP contribution in [-0.4, -0.2) is 0 Å². The first-order valence-corrected chi connectivity index (χ1v) is 24.6. The second-order valence-electron chi connectivity index (χ2n) is 21.8. The maximum Gasteiger partial charge on any atom is 0.0546 e. The third-order valence-corrected chi connectivity index (χ3v) is 13.9. The predicted molar refractivity (Wildman–Crippen MR) is 299 cm³/mol.